The highest BCUT2D eigenvalue weighted by molar-refractivity contribution is 5.83. The van der Waals surface area contributed by atoms with Crippen molar-refractivity contribution >= 4 is 22.9 Å². The average Bonchev–Trinajstić information content (AvgIpc) is 3.45. The first-order chi connectivity index (χ1) is 14.3. The lowest BCUT2D eigenvalue weighted by Crippen LogP contribution is -2.30. The summed E-state index contributed by atoms with van der Waals surface area (Å²) in [4.78, 5) is 27.1. The topological polar surface area (TPSA) is 94.3 Å². The molecule has 2 saturated heterocycles. The van der Waals surface area contributed by atoms with Crippen LogP contribution in [-0.4, -0.2) is 76.5 Å². The molecule has 10 nitrogen and oxygen atoms in total. The summed E-state index contributed by atoms with van der Waals surface area (Å²) in [6.07, 6.45) is 5.20. The Morgan fingerprint density at radius 3 is 2.55 bits per heavy atom. The van der Waals surface area contributed by atoms with Crippen LogP contribution in [0.4, 0.5) is 11.8 Å². The maximum Gasteiger partial charge on any atom is 0.228 e. The number of nitrogens with zero attached hydrogens (tertiary/aromatic N) is 8. The van der Waals surface area contributed by atoms with E-state index >= 15 is 0 Å². The van der Waals surface area contributed by atoms with Crippen molar-refractivity contribution in [3.05, 3.63) is 24.9 Å². The number of rotatable bonds is 6. The van der Waals surface area contributed by atoms with Crippen LogP contribution in [0.1, 0.15) is 0 Å². The lowest BCUT2D eigenvalue weighted by Gasteiger charge is -2.22. The molecule has 5 rings (SSSR count). The molecule has 2 aliphatic heterocycles. The quantitative estimate of drug-likeness (QED) is 0.601. The van der Waals surface area contributed by atoms with E-state index in [-0.39, 0.29) is 0 Å². The molecule has 0 aliphatic carbocycles. The predicted octanol–water partition coefficient (Wildman–Crippen LogP) is 0.844. The molecular formula is C19H24N8O2. The van der Waals surface area contributed by atoms with E-state index in [0.717, 1.165) is 55.7 Å². The summed E-state index contributed by atoms with van der Waals surface area (Å²) in [5.74, 6) is 3.35. The van der Waals surface area contributed by atoms with Crippen molar-refractivity contribution in [1.82, 2.24) is 29.5 Å². The predicted molar refractivity (Wildman–Crippen MR) is 107 cm³/mol. The molecule has 152 valence electrons. The zero-order valence-electron chi connectivity index (χ0n) is 16.6. The highest BCUT2D eigenvalue weighted by Crippen LogP contribution is 2.36. The van der Waals surface area contributed by atoms with E-state index < -0.39 is 0 Å². The van der Waals surface area contributed by atoms with E-state index in [4.69, 9.17) is 9.47 Å². The molecule has 0 radical (unpaired) electrons. The van der Waals surface area contributed by atoms with Crippen molar-refractivity contribution in [2.24, 2.45) is 11.8 Å². The fraction of sp³-hybridized carbons (Fsp3) is 0.526. The maximum absolute atomic E-state index is 5.23. The zero-order chi connectivity index (χ0) is 19.8. The third-order valence-corrected chi connectivity index (χ3v) is 5.81. The van der Waals surface area contributed by atoms with Crippen molar-refractivity contribution in [1.29, 1.82) is 0 Å². The van der Waals surface area contributed by atoms with Crippen LogP contribution < -0.4 is 14.5 Å². The average molecular weight is 396 g/mol. The highest BCUT2D eigenvalue weighted by atomic mass is 16.5. The molecule has 2 fully saturated rings. The number of methoxy groups -OCH3 is 2. The minimum absolute atomic E-state index is 0.547. The van der Waals surface area contributed by atoms with Crippen LogP contribution in [0.15, 0.2) is 24.9 Å². The molecule has 2 atom stereocenters. The van der Waals surface area contributed by atoms with Crippen molar-refractivity contribution in [3.63, 3.8) is 0 Å². The van der Waals surface area contributed by atoms with Gasteiger partial charge in [0.25, 0.3) is 0 Å². The van der Waals surface area contributed by atoms with Gasteiger partial charge in [-0.15, -0.1) is 0 Å². The first kappa shape index (κ1) is 18.0. The van der Waals surface area contributed by atoms with E-state index in [2.05, 4.69) is 34.7 Å². The van der Waals surface area contributed by atoms with Gasteiger partial charge in [-0.05, 0) is 0 Å². The van der Waals surface area contributed by atoms with E-state index in [1.165, 1.54) is 0 Å². The second kappa shape index (κ2) is 7.43. The van der Waals surface area contributed by atoms with Gasteiger partial charge in [0.15, 0.2) is 17.0 Å². The SMILES string of the molecule is COCCn1cnc2c(N3CC4CN(c5nccc(OC)n5)CC4C3)ncnc21. The second-order valence-corrected chi connectivity index (χ2v) is 7.53. The van der Waals surface area contributed by atoms with Gasteiger partial charge in [0.1, 0.15) is 6.33 Å². The van der Waals surface area contributed by atoms with Crippen molar-refractivity contribution in [2.75, 3.05) is 56.8 Å². The third kappa shape index (κ3) is 3.23. The lowest BCUT2D eigenvalue weighted by molar-refractivity contribution is 0.188. The number of fused-ring (bicyclic) bond motifs is 2. The van der Waals surface area contributed by atoms with Crippen molar-refractivity contribution < 1.29 is 9.47 Å². The van der Waals surface area contributed by atoms with Crippen LogP contribution in [0.2, 0.25) is 0 Å². The van der Waals surface area contributed by atoms with Gasteiger partial charge >= 0.3 is 0 Å². The summed E-state index contributed by atoms with van der Waals surface area (Å²) in [6.45, 7) is 5.12. The standard InChI is InChI=1S/C19H24N8O2/c1-28-6-5-25-12-23-16-17(25)21-11-22-18(16)26-7-13-9-27(10-14(13)8-26)19-20-4-3-15(24-19)29-2/h3-4,11-14H,5-10H2,1-2H3. The Labute approximate surface area is 168 Å². The largest absolute Gasteiger partial charge is 0.481 e. The Balaban J connectivity index is 1.32. The minimum atomic E-state index is 0.547. The summed E-state index contributed by atoms with van der Waals surface area (Å²) in [7, 11) is 3.32. The third-order valence-electron chi connectivity index (χ3n) is 5.81. The van der Waals surface area contributed by atoms with Gasteiger partial charge in [0.2, 0.25) is 11.8 Å². The molecule has 5 heterocycles. The zero-order valence-corrected chi connectivity index (χ0v) is 16.6. The summed E-state index contributed by atoms with van der Waals surface area (Å²) in [5.41, 5.74) is 1.71. The summed E-state index contributed by atoms with van der Waals surface area (Å²) in [6, 6.07) is 1.77. The number of ether oxygens (including phenoxy) is 2. The molecule has 0 N–H and O–H groups in total. The van der Waals surface area contributed by atoms with E-state index in [1.807, 2.05) is 10.9 Å². The Morgan fingerprint density at radius 2 is 1.79 bits per heavy atom. The Hall–Kier alpha value is -3.01. The Morgan fingerprint density at radius 1 is 1.00 bits per heavy atom. The number of imidazole rings is 1. The molecule has 0 spiro atoms. The molecule has 10 heteroatoms. The summed E-state index contributed by atoms with van der Waals surface area (Å²) >= 11 is 0. The van der Waals surface area contributed by atoms with Gasteiger partial charge in [-0.2, -0.15) is 4.98 Å². The fourth-order valence-electron chi connectivity index (χ4n) is 4.38. The van der Waals surface area contributed by atoms with E-state index in [0.29, 0.717) is 24.3 Å². The molecular weight excluding hydrogens is 372 g/mol. The molecule has 0 amide bonds. The molecule has 0 bridgehead atoms. The summed E-state index contributed by atoms with van der Waals surface area (Å²) < 4.78 is 12.4. The molecule has 3 aromatic rings. The molecule has 0 saturated carbocycles. The van der Waals surface area contributed by atoms with Crippen LogP contribution in [0, 0.1) is 11.8 Å². The number of hydrogen-bond donors (Lipinski definition) is 0. The van der Waals surface area contributed by atoms with Crippen LogP contribution >= 0.6 is 0 Å². The molecule has 29 heavy (non-hydrogen) atoms. The first-order valence-electron chi connectivity index (χ1n) is 9.78. The maximum atomic E-state index is 5.23. The monoisotopic (exact) mass is 396 g/mol. The molecule has 3 aromatic heterocycles. The van der Waals surface area contributed by atoms with Gasteiger partial charge in [-0.25, -0.2) is 19.9 Å². The normalized spacial score (nSPS) is 21.2. The number of anilines is 2. The second-order valence-electron chi connectivity index (χ2n) is 7.53. The highest BCUT2D eigenvalue weighted by Gasteiger charge is 2.42. The van der Waals surface area contributed by atoms with Gasteiger partial charge in [-0.1, -0.05) is 0 Å². The van der Waals surface area contributed by atoms with Gasteiger partial charge < -0.3 is 23.8 Å². The minimum Gasteiger partial charge on any atom is -0.481 e. The van der Waals surface area contributed by atoms with Crippen LogP contribution in [0.3, 0.4) is 0 Å². The first-order valence-corrected chi connectivity index (χ1v) is 9.78. The molecule has 2 unspecified atom stereocenters. The van der Waals surface area contributed by atoms with E-state index in [1.54, 1.807) is 32.8 Å². The lowest BCUT2D eigenvalue weighted by atomic mass is 10.0. The Bertz CT molecular complexity index is 995. The number of aromatic nitrogens is 6. The summed E-state index contributed by atoms with van der Waals surface area (Å²) in [5, 5.41) is 0. The smallest absolute Gasteiger partial charge is 0.228 e. The molecule has 2 aliphatic rings. The van der Waals surface area contributed by atoms with Gasteiger partial charge in [0.05, 0.1) is 20.0 Å². The van der Waals surface area contributed by atoms with Crippen LogP contribution in [0.5, 0.6) is 5.88 Å². The van der Waals surface area contributed by atoms with Gasteiger partial charge in [-0.3, -0.25) is 0 Å². The van der Waals surface area contributed by atoms with Crippen molar-refractivity contribution in [2.45, 2.75) is 6.54 Å². The number of hydrogen-bond acceptors (Lipinski definition) is 9. The van der Waals surface area contributed by atoms with Crippen molar-refractivity contribution in [3.8, 4) is 5.88 Å². The van der Waals surface area contributed by atoms with E-state index in [9.17, 15) is 0 Å². The van der Waals surface area contributed by atoms with Crippen LogP contribution in [0.25, 0.3) is 11.2 Å². The Kier molecular flexibility index (Phi) is 4.62. The fourth-order valence-corrected chi connectivity index (χ4v) is 4.38. The van der Waals surface area contributed by atoms with Gasteiger partial charge in [0, 0.05) is 63.9 Å². The van der Waals surface area contributed by atoms with Crippen LogP contribution in [-0.2, 0) is 11.3 Å². The molecule has 0 aromatic carbocycles.